The monoisotopic (exact) mass is 224 g/mol. The van der Waals surface area contributed by atoms with Crippen molar-refractivity contribution in [3.05, 3.63) is 11.9 Å². The maximum Gasteiger partial charge on any atom is 0.0964 e. The van der Waals surface area contributed by atoms with Gasteiger partial charge in [-0.15, -0.1) is 5.10 Å². The summed E-state index contributed by atoms with van der Waals surface area (Å²) in [5.41, 5.74) is 1.44. The summed E-state index contributed by atoms with van der Waals surface area (Å²) < 4.78 is 1.67. The molecule has 0 bridgehead atoms. The van der Waals surface area contributed by atoms with Gasteiger partial charge in [-0.25, -0.2) is 4.68 Å². The van der Waals surface area contributed by atoms with Crippen molar-refractivity contribution in [2.75, 3.05) is 13.2 Å². The van der Waals surface area contributed by atoms with Crippen molar-refractivity contribution in [1.29, 1.82) is 0 Å². The van der Waals surface area contributed by atoms with E-state index in [1.165, 1.54) is 19.3 Å². The molecule has 1 aromatic heterocycles. The minimum Gasteiger partial charge on any atom is -0.394 e. The van der Waals surface area contributed by atoms with E-state index in [1.54, 1.807) is 4.68 Å². The molecule has 0 radical (unpaired) electrons. The molecule has 2 N–H and O–H groups in total. The summed E-state index contributed by atoms with van der Waals surface area (Å²) >= 11 is 0. The summed E-state index contributed by atoms with van der Waals surface area (Å²) in [5, 5.41) is 20.1. The lowest BCUT2D eigenvalue weighted by Gasteiger charge is -2.38. The van der Waals surface area contributed by atoms with Gasteiger partial charge in [0.2, 0.25) is 0 Å². The van der Waals surface area contributed by atoms with E-state index in [9.17, 15) is 0 Å². The van der Waals surface area contributed by atoms with Crippen molar-refractivity contribution in [2.24, 2.45) is 5.41 Å². The van der Waals surface area contributed by atoms with Crippen LogP contribution < -0.4 is 5.32 Å². The molecule has 0 unspecified atom stereocenters. The van der Waals surface area contributed by atoms with Crippen LogP contribution in [0.2, 0.25) is 0 Å². The second kappa shape index (κ2) is 4.93. The Morgan fingerprint density at radius 2 is 2.38 bits per heavy atom. The van der Waals surface area contributed by atoms with Crippen LogP contribution in [0.5, 0.6) is 0 Å². The SMILES string of the molecule is CC1(CNCc2cn(CCO)nn2)CCC1. The molecule has 1 heterocycles. The summed E-state index contributed by atoms with van der Waals surface area (Å²) in [6.07, 6.45) is 5.91. The van der Waals surface area contributed by atoms with Gasteiger partial charge in [0.1, 0.15) is 0 Å². The number of hydrogen-bond acceptors (Lipinski definition) is 4. The van der Waals surface area contributed by atoms with Crippen LogP contribution in [0.1, 0.15) is 31.9 Å². The summed E-state index contributed by atoms with van der Waals surface area (Å²) in [5.74, 6) is 0. The zero-order valence-electron chi connectivity index (χ0n) is 9.82. The minimum absolute atomic E-state index is 0.105. The number of aliphatic hydroxyl groups is 1. The first-order valence-corrected chi connectivity index (χ1v) is 5.92. The summed E-state index contributed by atoms with van der Waals surface area (Å²) in [4.78, 5) is 0. The maximum atomic E-state index is 8.75. The first-order valence-electron chi connectivity index (χ1n) is 5.92. The van der Waals surface area contributed by atoms with Crippen molar-refractivity contribution in [3.8, 4) is 0 Å². The standard InChI is InChI=1S/C11H20N4O/c1-11(3-2-4-11)9-12-7-10-8-15(5-6-16)14-13-10/h8,12,16H,2-7,9H2,1H3. The fraction of sp³-hybridized carbons (Fsp3) is 0.818. The Hall–Kier alpha value is -0.940. The molecule has 1 fully saturated rings. The third-order valence-electron chi connectivity index (χ3n) is 3.33. The molecule has 0 atom stereocenters. The van der Waals surface area contributed by atoms with Crippen molar-refractivity contribution in [3.63, 3.8) is 0 Å². The largest absolute Gasteiger partial charge is 0.394 e. The van der Waals surface area contributed by atoms with E-state index in [0.29, 0.717) is 12.0 Å². The minimum atomic E-state index is 0.105. The van der Waals surface area contributed by atoms with Gasteiger partial charge in [-0.2, -0.15) is 0 Å². The molecule has 0 aliphatic heterocycles. The molecule has 0 saturated heterocycles. The Labute approximate surface area is 95.8 Å². The second-order valence-electron chi connectivity index (χ2n) is 4.96. The highest BCUT2D eigenvalue weighted by Gasteiger charge is 2.30. The molecular weight excluding hydrogens is 204 g/mol. The average Bonchev–Trinajstić information content (AvgIpc) is 2.64. The number of hydrogen-bond donors (Lipinski definition) is 2. The zero-order chi connectivity index (χ0) is 11.4. The van der Waals surface area contributed by atoms with Crippen molar-refractivity contribution in [2.45, 2.75) is 39.3 Å². The molecule has 0 amide bonds. The number of aromatic nitrogens is 3. The predicted molar refractivity (Wildman–Crippen MR) is 60.8 cm³/mol. The quantitative estimate of drug-likeness (QED) is 0.740. The number of rotatable bonds is 6. The van der Waals surface area contributed by atoms with E-state index in [4.69, 9.17) is 5.11 Å². The van der Waals surface area contributed by atoms with Gasteiger partial charge in [0.15, 0.2) is 0 Å². The Bertz CT molecular complexity index is 332. The molecule has 0 spiro atoms. The van der Waals surface area contributed by atoms with Crippen LogP contribution in [0, 0.1) is 5.41 Å². The molecule has 2 rings (SSSR count). The molecule has 5 heteroatoms. The number of aliphatic hydroxyl groups excluding tert-OH is 1. The van der Waals surface area contributed by atoms with Gasteiger partial charge < -0.3 is 10.4 Å². The number of nitrogens with one attached hydrogen (secondary N) is 1. The van der Waals surface area contributed by atoms with Gasteiger partial charge in [0.25, 0.3) is 0 Å². The molecule has 1 aliphatic rings. The van der Waals surface area contributed by atoms with Crippen LogP contribution in [0.15, 0.2) is 6.20 Å². The van der Waals surface area contributed by atoms with Crippen LogP contribution >= 0.6 is 0 Å². The lowest BCUT2D eigenvalue weighted by atomic mass is 9.70. The zero-order valence-corrected chi connectivity index (χ0v) is 9.82. The molecule has 1 saturated carbocycles. The Balaban J connectivity index is 1.72. The predicted octanol–water partition coefficient (Wildman–Crippen LogP) is 0.550. The maximum absolute atomic E-state index is 8.75. The van der Waals surface area contributed by atoms with E-state index in [-0.39, 0.29) is 6.61 Å². The lowest BCUT2D eigenvalue weighted by Crippen LogP contribution is -2.37. The summed E-state index contributed by atoms with van der Waals surface area (Å²) in [6.45, 7) is 4.77. The Morgan fingerprint density at radius 3 is 3.00 bits per heavy atom. The fourth-order valence-electron chi connectivity index (χ4n) is 2.08. The second-order valence-corrected chi connectivity index (χ2v) is 4.96. The molecule has 5 nitrogen and oxygen atoms in total. The topological polar surface area (TPSA) is 63.0 Å². The summed E-state index contributed by atoms with van der Waals surface area (Å²) in [7, 11) is 0. The van der Waals surface area contributed by atoms with E-state index < -0.39 is 0 Å². The molecule has 1 aromatic rings. The highest BCUT2D eigenvalue weighted by molar-refractivity contribution is 4.93. The van der Waals surface area contributed by atoms with Gasteiger partial charge in [0.05, 0.1) is 18.8 Å². The number of nitrogens with zero attached hydrogens (tertiary/aromatic N) is 3. The van der Waals surface area contributed by atoms with E-state index in [2.05, 4.69) is 22.6 Å². The molecule has 1 aliphatic carbocycles. The van der Waals surface area contributed by atoms with Gasteiger partial charge in [-0.3, -0.25) is 0 Å². The third kappa shape index (κ3) is 2.80. The summed E-state index contributed by atoms with van der Waals surface area (Å²) in [6, 6.07) is 0. The normalized spacial score (nSPS) is 18.4. The Morgan fingerprint density at radius 1 is 1.56 bits per heavy atom. The van der Waals surface area contributed by atoms with Gasteiger partial charge >= 0.3 is 0 Å². The van der Waals surface area contributed by atoms with E-state index in [1.807, 2.05) is 6.20 Å². The van der Waals surface area contributed by atoms with Crippen LogP contribution in [-0.2, 0) is 13.1 Å². The van der Waals surface area contributed by atoms with Gasteiger partial charge in [-0.05, 0) is 18.3 Å². The van der Waals surface area contributed by atoms with Crippen LogP contribution in [-0.4, -0.2) is 33.3 Å². The van der Waals surface area contributed by atoms with Gasteiger partial charge in [0, 0.05) is 19.3 Å². The van der Waals surface area contributed by atoms with Crippen LogP contribution in [0.4, 0.5) is 0 Å². The van der Waals surface area contributed by atoms with Crippen molar-refractivity contribution in [1.82, 2.24) is 20.3 Å². The molecule has 90 valence electrons. The Kier molecular flexibility index (Phi) is 3.56. The van der Waals surface area contributed by atoms with Gasteiger partial charge in [-0.1, -0.05) is 18.6 Å². The van der Waals surface area contributed by atoms with Crippen molar-refractivity contribution < 1.29 is 5.11 Å². The lowest BCUT2D eigenvalue weighted by molar-refractivity contribution is 0.156. The third-order valence-corrected chi connectivity index (χ3v) is 3.33. The first kappa shape index (κ1) is 11.5. The smallest absolute Gasteiger partial charge is 0.0964 e. The van der Waals surface area contributed by atoms with E-state index in [0.717, 1.165) is 18.8 Å². The van der Waals surface area contributed by atoms with E-state index >= 15 is 0 Å². The highest BCUT2D eigenvalue weighted by Crippen LogP contribution is 2.39. The molecular formula is C11H20N4O. The molecule has 16 heavy (non-hydrogen) atoms. The first-order chi connectivity index (χ1) is 7.72. The molecule has 0 aromatic carbocycles. The highest BCUT2D eigenvalue weighted by atomic mass is 16.3. The fourth-order valence-corrected chi connectivity index (χ4v) is 2.08. The van der Waals surface area contributed by atoms with Crippen LogP contribution in [0.3, 0.4) is 0 Å². The van der Waals surface area contributed by atoms with Crippen LogP contribution in [0.25, 0.3) is 0 Å². The van der Waals surface area contributed by atoms with Crippen molar-refractivity contribution >= 4 is 0 Å². The average molecular weight is 224 g/mol.